The number of alkyl halides is 8. The number of rotatable bonds is 7. The second-order valence-electron chi connectivity index (χ2n) is 4.45. The molecular formula is C6H4Cl3F13SSi. The summed E-state index contributed by atoms with van der Waals surface area (Å²) in [5, 5.41) is -8.74. The SMILES string of the molecule is FC(F)(CC[Si](Cl)(Cl)Cl)C(F)(F)C(F)(F)C(F)(F)S(F)(F)(F)(F)F. The van der Waals surface area contributed by atoms with Crippen LogP contribution in [-0.2, 0) is 0 Å². The van der Waals surface area contributed by atoms with Gasteiger partial charge in [0.25, 0.3) is 0 Å². The largest absolute Gasteiger partial charge is 0.450 e. The third kappa shape index (κ3) is 4.26. The van der Waals surface area contributed by atoms with Crippen molar-refractivity contribution in [1.29, 1.82) is 0 Å². The topological polar surface area (TPSA) is 0 Å². The summed E-state index contributed by atoms with van der Waals surface area (Å²) in [6.45, 7) is 0. The molecule has 150 valence electrons. The molecule has 0 N–H and O–H groups in total. The standard InChI is InChI=1S/C6H4Cl3F13SSi/c7-24(8,9)2-1-3(10,11)4(12,13)5(14,15)6(16,17)23(18,19,20,21)22/h1-2H2. The first-order chi connectivity index (χ1) is 9.70. The molecule has 0 amide bonds. The van der Waals surface area contributed by atoms with Crippen LogP contribution in [0.1, 0.15) is 6.42 Å². The quantitative estimate of drug-likeness (QED) is 0.194. The van der Waals surface area contributed by atoms with Crippen molar-refractivity contribution in [2.24, 2.45) is 0 Å². The van der Waals surface area contributed by atoms with Crippen LogP contribution in [0.15, 0.2) is 0 Å². The Morgan fingerprint density at radius 3 is 1.25 bits per heavy atom. The van der Waals surface area contributed by atoms with E-state index in [1.165, 1.54) is 0 Å². The average molecular weight is 490 g/mol. The summed E-state index contributed by atoms with van der Waals surface area (Å²) in [5.41, 5.74) is 0. The lowest BCUT2D eigenvalue weighted by Gasteiger charge is -2.50. The van der Waals surface area contributed by atoms with Crippen LogP contribution in [0.2, 0.25) is 6.04 Å². The van der Waals surface area contributed by atoms with Gasteiger partial charge in [-0.15, -0.1) is 33.2 Å². The Morgan fingerprint density at radius 2 is 1.00 bits per heavy atom. The zero-order valence-electron chi connectivity index (χ0n) is 10.4. The molecule has 0 heterocycles. The van der Waals surface area contributed by atoms with E-state index in [1.807, 2.05) is 0 Å². The van der Waals surface area contributed by atoms with Crippen molar-refractivity contribution in [3.8, 4) is 0 Å². The van der Waals surface area contributed by atoms with E-state index in [2.05, 4.69) is 0 Å². The average Bonchev–Trinajstić information content (AvgIpc) is 2.21. The van der Waals surface area contributed by atoms with Gasteiger partial charge in [0.05, 0.1) is 0 Å². The second-order valence-corrected chi connectivity index (χ2v) is 16.2. The highest BCUT2D eigenvalue weighted by Gasteiger charge is 2.97. The van der Waals surface area contributed by atoms with Crippen LogP contribution in [0.3, 0.4) is 0 Å². The summed E-state index contributed by atoms with van der Waals surface area (Å²) < 4.78 is 163. The molecule has 0 aliphatic heterocycles. The first-order valence-corrected chi connectivity index (χ1v) is 12.2. The summed E-state index contributed by atoms with van der Waals surface area (Å²) in [6, 6.07) is -5.77. The van der Waals surface area contributed by atoms with Gasteiger partial charge in [-0.05, 0) is 6.04 Å². The molecule has 0 aromatic carbocycles. The smallest absolute Gasteiger partial charge is 0.200 e. The predicted octanol–water partition coefficient (Wildman–Crippen LogP) is 7.83. The van der Waals surface area contributed by atoms with E-state index < -0.39 is 51.7 Å². The van der Waals surface area contributed by atoms with Crippen molar-refractivity contribution in [3.05, 3.63) is 0 Å². The number of halogens is 16. The predicted molar refractivity (Wildman–Crippen MR) is 65.7 cm³/mol. The molecule has 0 atom stereocenters. The van der Waals surface area contributed by atoms with E-state index in [0.717, 1.165) is 0 Å². The summed E-state index contributed by atoms with van der Waals surface area (Å²) in [5.74, 6) is -22.1. The van der Waals surface area contributed by atoms with Gasteiger partial charge < -0.3 is 0 Å². The van der Waals surface area contributed by atoms with Crippen LogP contribution >= 0.6 is 43.5 Å². The molecule has 0 radical (unpaired) electrons. The van der Waals surface area contributed by atoms with Crippen LogP contribution in [0.4, 0.5) is 54.6 Å². The minimum Gasteiger partial charge on any atom is -0.200 e. The fourth-order valence-electron chi connectivity index (χ4n) is 1.11. The van der Waals surface area contributed by atoms with E-state index in [0.29, 0.717) is 0 Å². The van der Waals surface area contributed by atoms with Gasteiger partial charge in [0.2, 0.25) is 0 Å². The Hall–Kier alpha value is 0.527. The second kappa shape index (κ2) is 5.29. The molecule has 18 heteroatoms. The Morgan fingerprint density at radius 1 is 0.667 bits per heavy atom. The highest BCUT2D eigenvalue weighted by molar-refractivity contribution is 8.46. The van der Waals surface area contributed by atoms with E-state index in [9.17, 15) is 54.6 Å². The molecule has 0 saturated carbocycles. The summed E-state index contributed by atoms with van der Waals surface area (Å²) in [4.78, 5) is 0. The lowest BCUT2D eigenvalue weighted by Crippen LogP contribution is -2.65. The monoisotopic (exact) mass is 488 g/mol. The van der Waals surface area contributed by atoms with Gasteiger partial charge in [0, 0.05) is 6.42 Å². The molecule has 0 rings (SSSR count). The molecule has 0 aliphatic carbocycles. The van der Waals surface area contributed by atoms with Gasteiger partial charge in [0.15, 0.2) is 0 Å². The van der Waals surface area contributed by atoms with Gasteiger partial charge in [-0.25, -0.2) is 0 Å². The van der Waals surface area contributed by atoms with Crippen molar-refractivity contribution in [3.63, 3.8) is 0 Å². The Kier molecular flexibility index (Phi) is 5.40. The van der Waals surface area contributed by atoms with Gasteiger partial charge in [0.1, 0.15) is 0 Å². The zero-order chi connectivity index (χ0) is 20.3. The lowest BCUT2D eigenvalue weighted by molar-refractivity contribution is -0.352. The molecule has 0 bridgehead atoms. The Balaban J connectivity index is 6.10. The van der Waals surface area contributed by atoms with Crippen molar-refractivity contribution >= 4 is 49.5 Å². The maximum absolute atomic E-state index is 13.1. The maximum atomic E-state index is 13.1. The molecule has 0 aliphatic rings. The fraction of sp³-hybridized carbons (Fsp3) is 1.00. The molecule has 24 heavy (non-hydrogen) atoms. The maximum Gasteiger partial charge on any atom is 0.450 e. The van der Waals surface area contributed by atoms with E-state index in [-0.39, 0.29) is 0 Å². The molecule has 0 saturated heterocycles. The van der Waals surface area contributed by atoms with E-state index in [4.69, 9.17) is 33.2 Å². The van der Waals surface area contributed by atoms with Gasteiger partial charge >= 0.3 is 39.2 Å². The molecule has 0 aromatic rings. The highest BCUT2D eigenvalue weighted by Crippen LogP contribution is 3.06. The van der Waals surface area contributed by atoms with Crippen molar-refractivity contribution < 1.29 is 54.6 Å². The van der Waals surface area contributed by atoms with Crippen LogP contribution in [0, 0.1) is 0 Å². The molecule has 0 unspecified atom stereocenters. The zero-order valence-corrected chi connectivity index (χ0v) is 14.5. The van der Waals surface area contributed by atoms with E-state index >= 15 is 0 Å². The first-order valence-electron chi connectivity index (χ1n) is 5.01. The van der Waals surface area contributed by atoms with Crippen molar-refractivity contribution in [2.45, 2.75) is 35.5 Å². The van der Waals surface area contributed by atoms with Crippen molar-refractivity contribution in [1.82, 2.24) is 0 Å². The summed E-state index contributed by atoms with van der Waals surface area (Å²) in [6.07, 6.45) is -2.56. The van der Waals surface area contributed by atoms with Gasteiger partial charge in [-0.3, -0.25) is 0 Å². The third-order valence-corrected chi connectivity index (χ3v) is 6.17. The lowest BCUT2D eigenvalue weighted by atomic mass is 10.0. The molecular weight excluding hydrogens is 486 g/mol. The van der Waals surface area contributed by atoms with Crippen LogP contribution < -0.4 is 0 Å². The van der Waals surface area contributed by atoms with Crippen LogP contribution in [0.5, 0.6) is 0 Å². The molecule has 0 fully saturated rings. The van der Waals surface area contributed by atoms with E-state index in [1.54, 1.807) is 0 Å². The summed E-state index contributed by atoms with van der Waals surface area (Å²) in [7, 11) is -12.7. The van der Waals surface area contributed by atoms with Crippen molar-refractivity contribution in [2.75, 3.05) is 0 Å². The first kappa shape index (κ1) is 24.5. The number of hydrogen-bond acceptors (Lipinski definition) is 0. The highest BCUT2D eigenvalue weighted by atomic mass is 35.8. The van der Waals surface area contributed by atoms with Gasteiger partial charge in [-0.1, -0.05) is 19.4 Å². The Bertz CT molecular complexity index is 493. The molecule has 0 nitrogen and oxygen atoms in total. The molecule has 0 aromatic heterocycles. The molecule has 0 spiro atoms. The third-order valence-electron chi connectivity index (χ3n) is 2.43. The number of hydrogen-bond donors (Lipinski definition) is 0. The van der Waals surface area contributed by atoms with Crippen LogP contribution in [-0.4, -0.2) is 29.0 Å². The minimum absolute atomic E-state index is 1.56. The fourth-order valence-corrected chi connectivity index (χ4v) is 3.17. The van der Waals surface area contributed by atoms with Crippen LogP contribution in [0.25, 0.3) is 0 Å². The Labute approximate surface area is 140 Å². The summed E-state index contributed by atoms with van der Waals surface area (Å²) >= 11 is 14.9. The van der Waals surface area contributed by atoms with Gasteiger partial charge in [-0.2, -0.15) is 35.1 Å². The normalized spacial score (nSPS) is 19.0. The minimum atomic E-state index is -12.7.